The van der Waals surface area contributed by atoms with Gasteiger partial charge < -0.3 is 10.4 Å². The van der Waals surface area contributed by atoms with E-state index in [9.17, 15) is 0 Å². The molecule has 0 saturated carbocycles. The van der Waals surface area contributed by atoms with Gasteiger partial charge in [-0.2, -0.15) is 0 Å². The van der Waals surface area contributed by atoms with Crippen LogP contribution >= 0.6 is 0 Å². The summed E-state index contributed by atoms with van der Waals surface area (Å²) in [7, 11) is 0. The standard InChI is InChI=1S/C15H27N3O/c1-3-5-9-18(10-11-19)13-14-6-8-17-15(12-14)16-7-4-2/h6,8,12,19H,3-5,7,9-11,13H2,1-2H3,(H,16,17). The highest BCUT2D eigenvalue weighted by Gasteiger charge is 2.05. The van der Waals surface area contributed by atoms with E-state index in [2.05, 4.69) is 35.1 Å². The monoisotopic (exact) mass is 265 g/mol. The molecular weight excluding hydrogens is 238 g/mol. The molecule has 0 aliphatic carbocycles. The quantitative estimate of drug-likeness (QED) is 0.682. The molecule has 108 valence electrons. The topological polar surface area (TPSA) is 48.4 Å². The van der Waals surface area contributed by atoms with E-state index in [0.29, 0.717) is 0 Å². The minimum Gasteiger partial charge on any atom is -0.395 e. The Morgan fingerprint density at radius 3 is 2.79 bits per heavy atom. The first-order valence-electron chi connectivity index (χ1n) is 7.32. The lowest BCUT2D eigenvalue weighted by molar-refractivity contribution is 0.188. The van der Waals surface area contributed by atoms with Crippen molar-refractivity contribution in [2.45, 2.75) is 39.7 Å². The molecule has 0 unspecified atom stereocenters. The van der Waals surface area contributed by atoms with Crippen LogP contribution in [0.4, 0.5) is 5.82 Å². The first kappa shape index (κ1) is 15.9. The van der Waals surface area contributed by atoms with Crippen LogP contribution in [0.3, 0.4) is 0 Å². The van der Waals surface area contributed by atoms with Gasteiger partial charge in [0.05, 0.1) is 6.61 Å². The van der Waals surface area contributed by atoms with Crippen molar-refractivity contribution < 1.29 is 5.11 Å². The van der Waals surface area contributed by atoms with E-state index in [-0.39, 0.29) is 6.61 Å². The van der Waals surface area contributed by atoms with Crippen LogP contribution in [0.2, 0.25) is 0 Å². The van der Waals surface area contributed by atoms with Crippen LogP contribution in [0.25, 0.3) is 0 Å². The van der Waals surface area contributed by atoms with Crippen LogP contribution in [0, 0.1) is 0 Å². The molecule has 0 radical (unpaired) electrons. The van der Waals surface area contributed by atoms with Crippen LogP contribution in [-0.2, 0) is 6.54 Å². The average Bonchev–Trinajstić information content (AvgIpc) is 2.43. The summed E-state index contributed by atoms with van der Waals surface area (Å²) in [5.41, 5.74) is 1.25. The maximum Gasteiger partial charge on any atom is 0.126 e. The number of aliphatic hydroxyl groups excluding tert-OH is 1. The Labute approximate surface area is 116 Å². The molecule has 1 aromatic heterocycles. The van der Waals surface area contributed by atoms with Crippen LogP contribution in [0.15, 0.2) is 18.3 Å². The van der Waals surface area contributed by atoms with Gasteiger partial charge in [-0.3, -0.25) is 4.90 Å². The lowest BCUT2D eigenvalue weighted by Crippen LogP contribution is -2.27. The maximum absolute atomic E-state index is 9.12. The van der Waals surface area contributed by atoms with Gasteiger partial charge in [-0.05, 0) is 37.1 Å². The third-order valence-corrected chi connectivity index (χ3v) is 3.03. The summed E-state index contributed by atoms with van der Waals surface area (Å²) < 4.78 is 0. The van der Waals surface area contributed by atoms with Crippen LogP contribution in [0.1, 0.15) is 38.7 Å². The predicted molar refractivity (Wildman–Crippen MR) is 80.3 cm³/mol. The molecule has 0 bridgehead atoms. The predicted octanol–water partition coefficient (Wildman–Crippen LogP) is 2.50. The summed E-state index contributed by atoms with van der Waals surface area (Å²) in [5, 5.41) is 12.4. The number of nitrogens with zero attached hydrogens (tertiary/aromatic N) is 2. The molecule has 0 aromatic carbocycles. The molecule has 1 heterocycles. The van der Waals surface area contributed by atoms with Crippen molar-refractivity contribution in [3.63, 3.8) is 0 Å². The van der Waals surface area contributed by atoms with Crippen LogP contribution in [-0.4, -0.2) is 41.2 Å². The Hall–Kier alpha value is -1.13. The van der Waals surface area contributed by atoms with Crippen LogP contribution in [0.5, 0.6) is 0 Å². The number of aliphatic hydroxyl groups is 1. The van der Waals surface area contributed by atoms with Crippen molar-refractivity contribution in [3.05, 3.63) is 23.9 Å². The second kappa shape index (κ2) is 9.75. The van der Waals surface area contributed by atoms with E-state index < -0.39 is 0 Å². The van der Waals surface area contributed by atoms with E-state index >= 15 is 0 Å². The van der Waals surface area contributed by atoms with Gasteiger partial charge in [0.2, 0.25) is 0 Å². The molecule has 0 spiro atoms. The average molecular weight is 265 g/mol. The smallest absolute Gasteiger partial charge is 0.126 e. The third kappa shape index (κ3) is 6.55. The molecule has 1 aromatic rings. The molecule has 4 nitrogen and oxygen atoms in total. The Morgan fingerprint density at radius 1 is 1.26 bits per heavy atom. The number of pyridine rings is 1. The SMILES string of the molecule is CCCCN(CCO)Cc1ccnc(NCCC)c1. The molecule has 0 atom stereocenters. The highest BCUT2D eigenvalue weighted by Crippen LogP contribution is 2.10. The molecule has 0 fully saturated rings. The van der Waals surface area contributed by atoms with E-state index in [0.717, 1.165) is 38.4 Å². The minimum atomic E-state index is 0.218. The van der Waals surface area contributed by atoms with Crippen molar-refractivity contribution in [3.8, 4) is 0 Å². The van der Waals surface area contributed by atoms with E-state index in [1.54, 1.807) is 0 Å². The van der Waals surface area contributed by atoms with Gasteiger partial charge in [0.1, 0.15) is 5.82 Å². The molecule has 0 amide bonds. The van der Waals surface area contributed by atoms with Crippen LogP contribution < -0.4 is 5.32 Å². The van der Waals surface area contributed by atoms with E-state index in [1.807, 2.05) is 12.3 Å². The molecular formula is C15H27N3O. The summed E-state index contributed by atoms with van der Waals surface area (Å²) in [6.07, 6.45) is 5.30. The second-order valence-electron chi connectivity index (χ2n) is 4.83. The highest BCUT2D eigenvalue weighted by molar-refractivity contribution is 5.37. The summed E-state index contributed by atoms with van der Waals surface area (Å²) in [4.78, 5) is 6.61. The molecule has 2 N–H and O–H groups in total. The van der Waals surface area contributed by atoms with Crippen molar-refractivity contribution in [1.29, 1.82) is 0 Å². The summed E-state index contributed by atoms with van der Waals surface area (Å²) in [6.45, 7) is 8.16. The molecule has 19 heavy (non-hydrogen) atoms. The van der Waals surface area contributed by atoms with Gasteiger partial charge in [-0.1, -0.05) is 20.3 Å². The summed E-state index contributed by atoms with van der Waals surface area (Å²) >= 11 is 0. The normalized spacial score (nSPS) is 10.9. The maximum atomic E-state index is 9.12. The Bertz CT molecular complexity index is 344. The zero-order valence-electron chi connectivity index (χ0n) is 12.2. The molecule has 0 aliphatic heterocycles. The first-order chi connectivity index (χ1) is 9.30. The second-order valence-corrected chi connectivity index (χ2v) is 4.83. The Kier molecular flexibility index (Phi) is 8.18. The Morgan fingerprint density at radius 2 is 2.11 bits per heavy atom. The first-order valence-corrected chi connectivity index (χ1v) is 7.32. The fraction of sp³-hybridized carbons (Fsp3) is 0.667. The lowest BCUT2D eigenvalue weighted by atomic mass is 10.2. The minimum absolute atomic E-state index is 0.218. The fourth-order valence-electron chi connectivity index (χ4n) is 1.97. The number of rotatable bonds is 10. The number of hydrogen-bond donors (Lipinski definition) is 2. The van der Waals surface area contributed by atoms with Gasteiger partial charge in [0, 0.05) is 25.8 Å². The number of hydrogen-bond acceptors (Lipinski definition) is 4. The van der Waals surface area contributed by atoms with Gasteiger partial charge in [-0.25, -0.2) is 4.98 Å². The number of aromatic nitrogens is 1. The van der Waals surface area contributed by atoms with Gasteiger partial charge in [-0.15, -0.1) is 0 Å². The van der Waals surface area contributed by atoms with Crippen molar-refractivity contribution in [2.24, 2.45) is 0 Å². The van der Waals surface area contributed by atoms with Crippen molar-refractivity contribution in [2.75, 3.05) is 31.6 Å². The number of anilines is 1. The van der Waals surface area contributed by atoms with Gasteiger partial charge >= 0.3 is 0 Å². The van der Waals surface area contributed by atoms with Crippen molar-refractivity contribution in [1.82, 2.24) is 9.88 Å². The number of unbranched alkanes of at least 4 members (excludes halogenated alkanes) is 1. The molecule has 0 saturated heterocycles. The largest absolute Gasteiger partial charge is 0.395 e. The zero-order valence-corrected chi connectivity index (χ0v) is 12.2. The van der Waals surface area contributed by atoms with E-state index in [1.165, 1.54) is 18.4 Å². The third-order valence-electron chi connectivity index (χ3n) is 3.03. The molecule has 0 aliphatic rings. The van der Waals surface area contributed by atoms with Gasteiger partial charge in [0.15, 0.2) is 0 Å². The summed E-state index contributed by atoms with van der Waals surface area (Å²) in [5.74, 6) is 0.943. The Balaban J connectivity index is 2.56. The number of nitrogens with one attached hydrogen (secondary N) is 1. The van der Waals surface area contributed by atoms with Gasteiger partial charge in [0.25, 0.3) is 0 Å². The van der Waals surface area contributed by atoms with E-state index in [4.69, 9.17) is 5.11 Å². The molecule has 1 rings (SSSR count). The summed E-state index contributed by atoms with van der Waals surface area (Å²) in [6, 6.07) is 4.15. The zero-order chi connectivity index (χ0) is 13.9. The lowest BCUT2D eigenvalue weighted by Gasteiger charge is -2.21. The van der Waals surface area contributed by atoms with Crippen molar-refractivity contribution >= 4 is 5.82 Å². The highest BCUT2D eigenvalue weighted by atomic mass is 16.3. The molecule has 4 heteroatoms. The fourth-order valence-corrected chi connectivity index (χ4v) is 1.97.